The third-order valence-corrected chi connectivity index (χ3v) is 4.14. The molecule has 0 spiro atoms. The van der Waals surface area contributed by atoms with Gasteiger partial charge in [-0.3, -0.25) is 4.79 Å². The van der Waals surface area contributed by atoms with Crippen LogP contribution in [-0.4, -0.2) is 30.5 Å². The van der Waals surface area contributed by atoms with Gasteiger partial charge in [-0.15, -0.1) is 0 Å². The van der Waals surface area contributed by atoms with E-state index in [0.717, 1.165) is 17.9 Å². The van der Waals surface area contributed by atoms with Crippen molar-refractivity contribution in [3.05, 3.63) is 24.3 Å². The molecule has 0 heterocycles. The number of hydrogen-bond acceptors (Lipinski definition) is 3. The lowest BCUT2D eigenvalue weighted by Crippen LogP contribution is -2.24. The van der Waals surface area contributed by atoms with Crippen LogP contribution in [0.15, 0.2) is 24.3 Å². The van der Waals surface area contributed by atoms with Crippen molar-refractivity contribution in [1.82, 2.24) is 5.32 Å². The second-order valence-electron chi connectivity index (χ2n) is 4.90. The average molecular weight is 323 g/mol. The number of urea groups is 1. The van der Waals surface area contributed by atoms with E-state index >= 15 is 0 Å². The normalized spacial score (nSPS) is 10.1. The van der Waals surface area contributed by atoms with Gasteiger partial charge in [0.25, 0.3) is 0 Å². The van der Waals surface area contributed by atoms with Crippen LogP contribution in [0, 0.1) is 0 Å². The molecule has 6 heteroatoms. The molecule has 0 aromatic heterocycles. The summed E-state index contributed by atoms with van der Waals surface area (Å²) < 4.78 is 0. The zero-order chi connectivity index (χ0) is 16.2. The van der Waals surface area contributed by atoms with Crippen LogP contribution in [0.25, 0.3) is 0 Å². The average Bonchev–Trinajstić information content (AvgIpc) is 2.52. The molecule has 1 aromatic rings. The summed E-state index contributed by atoms with van der Waals surface area (Å²) in [5.41, 5.74) is 1.43. The van der Waals surface area contributed by atoms with E-state index in [2.05, 4.69) is 22.9 Å². The Hall–Kier alpha value is -1.69. The molecule has 0 unspecified atom stereocenters. The van der Waals surface area contributed by atoms with Gasteiger partial charge in [0.15, 0.2) is 0 Å². The minimum absolute atomic E-state index is 0.0306. The number of thioether (sulfide) groups is 1. The summed E-state index contributed by atoms with van der Waals surface area (Å²) in [6, 6.07) is 6.80. The molecule has 0 aliphatic carbocycles. The first kappa shape index (κ1) is 18.4. The number of amides is 3. The number of carbonyl (C=O) groups is 2. The van der Waals surface area contributed by atoms with Crippen LogP contribution < -0.4 is 16.0 Å². The monoisotopic (exact) mass is 323 g/mol. The van der Waals surface area contributed by atoms with E-state index in [1.807, 2.05) is 11.8 Å². The molecule has 1 rings (SSSR count). The van der Waals surface area contributed by atoms with Crippen molar-refractivity contribution in [2.45, 2.75) is 32.6 Å². The van der Waals surface area contributed by atoms with E-state index in [1.54, 1.807) is 31.3 Å². The first-order chi connectivity index (χ1) is 10.7. The minimum atomic E-state index is -0.266. The molecule has 0 aliphatic heterocycles. The fourth-order valence-electron chi connectivity index (χ4n) is 1.74. The fourth-order valence-corrected chi connectivity index (χ4v) is 2.78. The third kappa shape index (κ3) is 7.93. The van der Waals surface area contributed by atoms with Gasteiger partial charge in [-0.25, -0.2) is 4.79 Å². The molecule has 0 saturated carbocycles. The van der Waals surface area contributed by atoms with Crippen LogP contribution >= 0.6 is 11.8 Å². The quantitative estimate of drug-likeness (QED) is 0.607. The Labute approximate surface area is 136 Å². The fraction of sp³-hybridized carbons (Fsp3) is 0.500. The number of rotatable bonds is 9. The molecule has 5 nitrogen and oxygen atoms in total. The molecule has 1 aromatic carbocycles. The highest BCUT2D eigenvalue weighted by atomic mass is 32.2. The smallest absolute Gasteiger partial charge is 0.318 e. The van der Waals surface area contributed by atoms with Crippen LogP contribution in [0.3, 0.4) is 0 Å². The highest BCUT2D eigenvalue weighted by molar-refractivity contribution is 7.99. The van der Waals surface area contributed by atoms with Crippen molar-refractivity contribution >= 4 is 35.1 Å². The van der Waals surface area contributed by atoms with Crippen molar-refractivity contribution in [3.8, 4) is 0 Å². The molecule has 0 radical (unpaired) electrons. The minimum Gasteiger partial charge on any atom is -0.341 e. The number of carbonyl (C=O) groups excluding carboxylic acids is 2. The van der Waals surface area contributed by atoms with Crippen LogP contribution in [0.4, 0.5) is 16.2 Å². The topological polar surface area (TPSA) is 70.2 Å². The van der Waals surface area contributed by atoms with Crippen LogP contribution in [0.5, 0.6) is 0 Å². The summed E-state index contributed by atoms with van der Waals surface area (Å²) in [4.78, 5) is 23.0. The second kappa shape index (κ2) is 11.0. The zero-order valence-electron chi connectivity index (χ0n) is 13.3. The van der Waals surface area contributed by atoms with Gasteiger partial charge < -0.3 is 16.0 Å². The zero-order valence-corrected chi connectivity index (χ0v) is 14.1. The molecular weight excluding hydrogens is 298 g/mol. The van der Waals surface area contributed by atoms with Gasteiger partial charge in [0, 0.05) is 24.8 Å². The highest BCUT2D eigenvalue weighted by Crippen LogP contribution is 2.14. The SMILES string of the molecule is CCCCSCCCC(=O)Nc1ccc(NC(=O)NC)cc1. The van der Waals surface area contributed by atoms with Gasteiger partial charge in [0.1, 0.15) is 0 Å². The summed E-state index contributed by atoms with van der Waals surface area (Å²) >= 11 is 1.91. The van der Waals surface area contributed by atoms with Crippen molar-refractivity contribution < 1.29 is 9.59 Å². The highest BCUT2D eigenvalue weighted by Gasteiger charge is 2.03. The van der Waals surface area contributed by atoms with E-state index < -0.39 is 0 Å². The van der Waals surface area contributed by atoms with E-state index in [4.69, 9.17) is 0 Å². The predicted octanol–water partition coefficient (Wildman–Crippen LogP) is 3.69. The predicted molar refractivity (Wildman–Crippen MR) is 94.6 cm³/mol. The van der Waals surface area contributed by atoms with Crippen molar-refractivity contribution in [2.75, 3.05) is 29.2 Å². The molecule has 122 valence electrons. The molecule has 3 amide bonds. The molecule has 0 saturated heterocycles. The van der Waals surface area contributed by atoms with Crippen LogP contribution in [0.2, 0.25) is 0 Å². The van der Waals surface area contributed by atoms with Gasteiger partial charge in [-0.2, -0.15) is 11.8 Å². The van der Waals surface area contributed by atoms with Crippen molar-refractivity contribution in [1.29, 1.82) is 0 Å². The molecular formula is C16H25N3O2S. The van der Waals surface area contributed by atoms with E-state index in [1.165, 1.54) is 18.6 Å². The molecule has 0 atom stereocenters. The Morgan fingerprint density at radius 3 is 2.18 bits per heavy atom. The Kier molecular flexibility index (Phi) is 9.14. The second-order valence-corrected chi connectivity index (χ2v) is 6.12. The number of anilines is 2. The van der Waals surface area contributed by atoms with Gasteiger partial charge in [0.2, 0.25) is 5.91 Å². The summed E-state index contributed by atoms with van der Waals surface area (Å²) in [5, 5.41) is 8.01. The van der Waals surface area contributed by atoms with Crippen molar-refractivity contribution in [2.24, 2.45) is 0 Å². The molecule has 0 fully saturated rings. The Morgan fingerprint density at radius 1 is 1.00 bits per heavy atom. The maximum atomic E-state index is 11.8. The Balaban J connectivity index is 2.25. The standard InChI is InChI=1S/C16H25N3O2S/c1-3-4-11-22-12-5-6-15(20)18-13-7-9-14(10-8-13)19-16(21)17-2/h7-10H,3-6,11-12H2,1-2H3,(H,18,20)(H2,17,19,21). The number of unbranched alkanes of at least 4 members (excludes halogenated alkanes) is 1. The first-order valence-electron chi connectivity index (χ1n) is 7.62. The van der Waals surface area contributed by atoms with E-state index in [0.29, 0.717) is 12.1 Å². The lowest BCUT2D eigenvalue weighted by atomic mass is 10.2. The third-order valence-electron chi connectivity index (χ3n) is 2.99. The first-order valence-corrected chi connectivity index (χ1v) is 8.77. The number of nitrogens with one attached hydrogen (secondary N) is 3. The summed E-state index contributed by atoms with van der Waals surface area (Å²) in [7, 11) is 1.56. The molecule has 0 aliphatic rings. The summed E-state index contributed by atoms with van der Waals surface area (Å²) in [5.74, 6) is 2.24. The molecule has 0 bridgehead atoms. The lowest BCUT2D eigenvalue weighted by molar-refractivity contribution is -0.116. The van der Waals surface area contributed by atoms with E-state index in [9.17, 15) is 9.59 Å². The van der Waals surface area contributed by atoms with Crippen LogP contribution in [-0.2, 0) is 4.79 Å². The van der Waals surface area contributed by atoms with Gasteiger partial charge in [0.05, 0.1) is 0 Å². The summed E-state index contributed by atoms with van der Waals surface area (Å²) in [6.07, 6.45) is 3.90. The van der Waals surface area contributed by atoms with Gasteiger partial charge in [-0.05, 0) is 48.6 Å². The lowest BCUT2D eigenvalue weighted by Gasteiger charge is -2.07. The van der Waals surface area contributed by atoms with Crippen LogP contribution in [0.1, 0.15) is 32.6 Å². The maximum Gasteiger partial charge on any atom is 0.318 e. The Morgan fingerprint density at radius 2 is 1.59 bits per heavy atom. The van der Waals surface area contributed by atoms with E-state index in [-0.39, 0.29) is 11.9 Å². The largest absolute Gasteiger partial charge is 0.341 e. The van der Waals surface area contributed by atoms with Gasteiger partial charge >= 0.3 is 6.03 Å². The Bertz CT molecular complexity index is 463. The number of benzene rings is 1. The van der Waals surface area contributed by atoms with Crippen molar-refractivity contribution in [3.63, 3.8) is 0 Å². The molecule has 22 heavy (non-hydrogen) atoms. The van der Waals surface area contributed by atoms with Gasteiger partial charge in [-0.1, -0.05) is 13.3 Å². The number of hydrogen-bond donors (Lipinski definition) is 3. The summed E-state index contributed by atoms with van der Waals surface area (Å²) in [6.45, 7) is 2.18. The molecule has 3 N–H and O–H groups in total. The maximum absolute atomic E-state index is 11.8.